The average Bonchev–Trinajstić information content (AvgIpc) is 3.16. The summed E-state index contributed by atoms with van der Waals surface area (Å²) in [5.74, 6) is 1.43. The van der Waals surface area contributed by atoms with Crippen LogP contribution in [0.2, 0.25) is 0 Å². The van der Waals surface area contributed by atoms with E-state index >= 15 is 0 Å². The number of methoxy groups -OCH3 is 1. The van der Waals surface area contributed by atoms with Crippen LogP contribution in [0.15, 0.2) is 58.2 Å². The first-order valence-corrected chi connectivity index (χ1v) is 9.56. The standard InChI is InChI=1S/C20H21N3O3S/c1-14-7-9-16(10-8-14)19-22-23-20(26-19)27-13-18(24)21-12-11-15-5-3-4-6-17(15)25-2/h3-10H,11-13H2,1-2H3,(H,21,24). The maximum atomic E-state index is 12.0. The summed E-state index contributed by atoms with van der Waals surface area (Å²) in [5, 5.41) is 11.3. The fraction of sp³-hybridized carbons (Fsp3) is 0.250. The Labute approximate surface area is 162 Å². The number of amides is 1. The minimum absolute atomic E-state index is 0.0787. The second-order valence-electron chi connectivity index (χ2n) is 5.94. The molecule has 1 amide bonds. The zero-order valence-corrected chi connectivity index (χ0v) is 16.1. The van der Waals surface area contributed by atoms with E-state index in [9.17, 15) is 4.79 Å². The van der Waals surface area contributed by atoms with Crippen molar-refractivity contribution in [3.63, 3.8) is 0 Å². The maximum absolute atomic E-state index is 12.0. The van der Waals surface area contributed by atoms with Gasteiger partial charge in [0.05, 0.1) is 12.9 Å². The predicted molar refractivity (Wildman–Crippen MR) is 105 cm³/mol. The summed E-state index contributed by atoms with van der Waals surface area (Å²) in [6, 6.07) is 15.6. The van der Waals surface area contributed by atoms with Crippen molar-refractivity contribution in [2.75, 3.05) is 19.4 Å². The monoisotopic (exact) mass is 383 g/mol. The molecule has 1 heterocycles. The highest BCUT2D eigenvalue weighted by Crippen LogP contribution is 2.23. The fourth-order valence-corrected chi connectivity index (χ4v) is 3.10. The molecule has 0 unspecified atom stereocenters. The number of carbonyl (C=O) groups excluding carboxylic acids is 1. The van der Waals surface area contributed by atoms with Crippen molar-refractivity contribution in [1.82, 2.24) is 15.5 Å². The molecule has 6 nitrogen and oxygen atoms in total. The molecule has 1 aromatic heterocycles. The van der Waals surface area contributed by atoms with E-state index in [1.54, 1.807) is 7.11 Å². The molecule has 0 atom stereocenters. The van der Waals surface area contributed by atoms with Gasteiger partial charge in [-0.1, -0.05) is 47.7 Å². The van der Waals surface area contributed by atoms with Gasteiger partial charge in [-0.25, -0.2) is 0 Å². The molecule has 2 aromatic carbocycles. The molecule has 3 rings (SSSR count). The normalized spacial score (nSPS) is 10.6. The molecule has 0 spiro atoms. The van der Waals surface area contributed by atoms with Crippen molar-refractivity contribution in [2.45, 2.75) is 18.6 Å². The van der Waals surface area contributed by atoms with E-state index in [1.807, 2.05) is 55.5 Å². The third-order valence-corrected chi connectivity index (χ3v) is 4.76. The number of nitrogens with zero attached hydrogens (tertiary/aromatic N) is 2. The number of para-hydroxylation sites is 1. The van der Waals surface area contributed by atoms with Crippen molar-refractivity contribution in [1.29, 1.82) is 0 Å². The molecule has 1 N–H and O–H groups in total. The third kappa shape index (κ3) is 5.34. The molecular formula is C20H21N3O3S. The quantitative estimate of drug-likeness (QED) is 0.600. The van der Waals surface area contributed by atoms with E-state index in [4.69, 9.17) is 9.15 Å². The molecule has 0 saturated heterocycles. The van der Waals surface area contributed by atoms with Crippen LogP contribution in [-0.2, 0) is 11.2 Å². The molecule has 0 fully saturated rings. The van der Waals surface area contributed by atoms with Crippen LogP contribution in [0.3, 0.4) is 0 Å². The summed E-state index contributed by atoms with van der Waals surface area (Å²) >= 11 is 1.22. The Bertz CT molecular complexity index is 893. The van der Waals surface area contributed by atoms with Gasteiger partial charge in [0.25, 0.3) is 5.22 Å². The number of aromatic nitrogens is 2. The lowest BCUT2D eigenvalue weighted by atomic mass is 10.1. The van der Waals surface area contributed by atoms with Crippen LogP contribution in [0.25, 0.3) is 11.5 Å². The minimum atomic E-state index is -0.0787. The Morgan fingerprint density at radius 3 is 2.70 bits per heavy atom. The van der Waals surface area contributed by atoms with Crippen LogP contribution in [0.4, 0.5) is 0 Å². The first-order valence-electron chi connectivity index (χ1n) is 8.57. The second-order valence-corrected chi connectivity index (χ2v) is 6.87. The van der Waals surface area contributed by atoms with Crippen LogP contribution >= 0.6 is 11.8 Å². The van der Waals surface area contributed by atoms with Gasteiger partial charge in [0, 0.05) is 12.1 Å². The number of nitrogens with one attached hydrogen (secondary N) is 1. The van der Waals surface area contributed by atoms with E-state index < -0.39 is 0 Å². The molecule has 0 radical (unpaired) electrons. The molecule has 0 aliphatic rings. The van der Waals surface area contributed by atoms with Crippen LogP contribution in [0.1, 0.15) is 11.1 Å². The molecule has 3 aromatic rings. The lowest BCUT2D eigenvalue weighted by Gasteiger charge is -2.08. The summed E-state index contributed by atoms with van der Waals surface area (Å²) in [6.45, 7) is 2.56. The lowest BCUT2D eigenvalue weighted by Crippen LogP contribution is -2.27. The SMILES string of the molecule is COc1ccccc1CCNC(=O)CSc1nnc(-c2ccc(C)cc2)o1. The predicted octanol–water partition coefficient (Wildman–Crippen LogP) is 3.50. The summed E-state index contributed by atoms with van der Waals surface area (Å²) < 4.78 is 10.9. The summed E-state index contributed by atoms with van der Waals surface area (Å²) in [6.07, 6.45) is 0.707. The van der Waals surface area contributed by atoms with Crippen LogP contribution in [-0.4, -0.2) is 35.5 Å². The van der Waals surface area contributed by atoms with Crippen molar-refractivity contribution < 1.29 is 13.9 Å². The zero-order chi connectivity index (χ0) is 19.1. The number of carbonyl (C=O) groups is 1. The van der Waals surface area contributed by atoms with Crippen LogP contribution < -0.4 is 10.1 Å². The molecule has 0 aliphatic carbocycles. The number of benzene rings is 2. The van der Waals surface area contributed by atoms with E-state index in [-0.39, 0.29) is 11.7 Å². The van der Waals surface area contributed by atoms with Crippen molar-refractivity contribution in [3.05, 3.63) is 59.7 Å². The Morgan fingerprint density at radius 2 is 1.93 bits per heavy atom. The van der Waals surface area contributed by atoms with Crippen LogP contribution in [0, 0.1) is 6.92 Å². The molecular weight excluding hydrogens is 362 g/mol. The molecule has 0 bridgehead atoms. The number of hydrogen-bond acceptors (Lipinski definition) is 6. The van der Waals surface area contributed by atoms with Gasteiger partial charge in [-0.05, 0) is 37.1 Å². The van der Waals surface area contributed by atoms with Crippen molar-refractivity contribution in [2.24, 2.45) is 0 Å². The van der Waals surface area contributed by atoms with Crippen molar-refractivity contribution >= 4 is 17.7 Å². The zero-order valence-electron chi connectivity index (χ0n) is 15.3. The Morgan fingerprint density at radius 1 is 1.15 bits per heavy atom. The van der Waals surface area contributed by atoms with Gasteiger partial charge >= 0.3 is 0 Å². The van der Waals surface area contributed by atoms with Gasteiger partial charge in [0.15, 0.2) is 0 Å². The topological polar surface area (TPSA) is 77.2 Å². The smallest absolute Gasteiger partial charge is 0.277 e. The molecule has 0 aliphatic heterocycles. The number of ether oxygens (including phenoxy) is 1. The van der Waals surface area contributed by atoms with Crippen molar-refractivity contribution in [3.8, 4) is 17.2 Å². The van der Waals surface area contributed by atoms with Gasteiger partial charge in [-0.2, -0.15) is 0 Å². The van der Waals surface area contributed by atoms with E-state index in [1.165, 1.54) is 11.8 Å². The second kappa shape index (κ2) is 9.23. The first-order chi connectivity index (χ1) is 13.2. The number of aryl methyl sites for hydroxylation is 1. The van der Waals surface area contributed by atoms with Gasteiger partial charge in [-0.15, -0.1) is 10.2 Å². The molecule has 140 valence electrons. The third-order valence-electron chi connectivity index (χ3n) is 3.94. The number of hydrogen-bond donors (Lipinski definition) is 1. The Kier molecular flexibility index (Phi) is 6.49. The highest BCUT2D eigenvalue weighted by atomic mass is 32.2. The van der Waals surface area contributed by atoms with E-state index in [2.05, 4.69) is 15.5 Å². The molecule has 0 saturated carbocycles. The summed E-state index contributed by atoms with van der Waals surface area (Å²) in [7, 11) is 1.64. The maximum Gasteiger partial charge on any atom is 0.277 e. The summed E-state index contributed by atoms with van der Waals surface area (Å²) in [5.41, 5.74) is 3.09. The lowest BCUT2D eigenvalue weighted by molar-refractivity contribution is -0.118. The summed E-state index contributed by atoms with van der Waals surface area (Å²) in [4.78, 5) is 12.0. The van der Waals surface area contributed by atoms with Gasteiger partial charge in [-0.3, -0.25) is 4.79 Å². The van der Waals surface area contributed by atoms with Gasteiger partial charge < -0.3 is 14.5 Å². The van der Waals surface area contributed by atoms with E-state index in [0.29, 0.717) is 24.1 Å². The Hall–Kier alpha value is -2.80. The average molecular weight is 383 g/mol. The molecule has 7 heteroatoms. The van der Waals surface area contributed by atoms with Gasteiger partial charge in [0.2, 0.25) is 11.8 Å². The van der Waals surface area contributed by atoms with Crippen LogP contribution in [0.5, 0.6) is 5.75 Å². The van der Waals surface area contributed by atoms with E-state index in [0.717, 1.165) is 22.4 Å². The largest absolute Gasteiger partial charge is 0.496 e. The van der Waals surface area contributed by atoms with Gasteiger partial charge in [0.1, 0.15) is 5.75 Å². The molecule has 27 heavy (non-hydrogen) atoms. The Balaban J connectivity index is 1.45. The first kappa shape index (κ1) is 19.0. The minimum Gasteiger partial charge on any atom is -0.496 e. The number of rotatable bonds is 8. The highest BCUT2D eigenvalue weighted by molar-refractivity contribution is 7.99. The number of thioether (sulfide) groups is 1. The highest BCUT2D eigenvalue weighted by Gasteiger charge is 2.11. The fourth-order valence-electron chi connectivity index (χ4n) is 2.51.